The van der Waals surface area contributed by atoms with Crippen molar-refractivity contribution in [1.82, 2.24) is 5.32 Å². The van der Waals surface area contributed by atoms with Crippen LogP contribution >= 0.6 is 15.9 Å². The molecule has 1 aliphatic rings. The first kappa shape index (κ1) is 11.1. The van der Waals surface area contributed by atoms with E-state index in [0.29, 0.717) is 5.92 Å². The van der Waals surface area contributed by atoms with Gasteiger partial charge >= 0.3 is 0 Å². The summed E-state index contributed by atoms with van der Waals surface area (Å²) >= 11 is 3.48. The minimum Gasteiger partial charge on any atom is -0.354 e. The standard InChI is InChI=1S/C12H16BrNO/c1-8(2)12-14-7-11(15-12)9-4-3-5-10(13)6-9/h3-6,8,11-12,14H,7H2,1-2H3. The van der Waals surface area contributed by atoms with Gasteiger partial charge in [-0.05, 0) is 23.6 Å². The molecular formula is C12H16BrNO. The Bertz CT molecular complexity index is 340. The predicted octanol–water partition coefficient (Wildman–Crippen LogP) is 3.09. The second kappa shape index (κ2) is 4.64. The molecule has 0 amide bonds. The Morgan fingerprint density at radius 1 is 1.47 bits per heavy atom. The van der Waals surface area contributed by atoms with Crippen molar-refractivity contribution in [1.29, 1.82) is 0 Å². The fraction of sp³-hybridized carbons (Fsp3) is 0.500. The van der Waals surface area contributed by atoms with E-state index in [0.717, 1.165) is 11.0 Å². The summed E-state index contributed by atoms with van der Waals surface area (Å²) in [5.41, 5.74) is 1.24. The molecule has 3 heteroatoms. The van der Waals surface area contributed by atoms with E-state index in [1.807, 2.05) is 12.1 Å². The average molecular weight is 270 g/mol. The zero-order valence-corrected chi connectivity index (χ0v) is 10.6. The lowest BCUT2D eigenvalue weighted by Gasteiger charge is -2.16. The highest BCUT2D eigenvalue weighted by Gasteiger charge is 2.27. The van der Waals surface area contributed by atoms with E-state index >= 15 is 0 Å². The van der Waals surface area contributed by atoms with E-state index in [9.17, 15) is 0 Å². The van der Waals surface area contributed by atoms with E-state index in [-0.39, 0.29) is 12.3 Å². The maximum absolute atomic E-state index is 5.93. The van der Waals surface area contributed by atoms with E-state index in [4.69, 9.17) is 4.74 Å². The van der Waals surface area contributed by atoms with Crippen molar-refractivity contribution < 1.29 is 4.74 Å². The highest BCUT2D eigenvalue weighted by molar-refractivity contribution is 9.10. The maximum Gasteiger partial charge on any atom is 0.111 e. The molecule has 2 rings (SSSR count). The number of benzene rings is 1. The zero-order chi connectivity index (χ0) is 10.8. The summed E-state index contributed by atoms with van der Waals surface area (Å²) in [7, 11) is 0. The van der Waals surface area contributed by atoms with Crippen molar-refractivity contribution in [3.05, 3.63) is 34.3 Å². The van der Waals surface area contributed by atoms with E-state index in [1.165, 1.54) is 5.56 Å². The first-order valence-electron chi connectivity index (χ1n) is 5.31. The quantitative estimate of drug-likeness (QED) is 0.891. The molecule has 0 aliphatic carbocycles. The zero-order valence-electron chi connectivity index (χ0n) is 9.03. The lowest BCUT2D eigenvalue weighted by atomic mass is 10.1. The highest BCUT2D eigenvalue weighted by Crippen LogP contribution is 2.27. The van der Waals surface area contributed by atoms with Gasteiger partial charge in [0.2, 0.25) is 0 Å². The number of rotatable bonds is 2. The molecule has 0 saturated carbocycles. The van der Waals surface area contributed by atoms with Crippen molar-refractivity contribution in [2.75, 3.05) is 6.54 Å². The second-order valence-corrected chi connectivity index (χ2v) is 5.17. The Balaban J connectivity index is 2.08. The molecule has 2 atom stereocenters. The topological polar surface area (TPSA) is 21.3 Å². The predicted molar refractivity (Wildman–Crippen MR) is 64.6 cm³/mol. The van der Waals surface area contributed by atoms with E-state index in [2.05, 4.69) is 47.2 Å². The Morgan fingerprint density at radius 2 is 2.27 bits per heavy atom. The molecule has 1 heterocycles. The largest absolute Gasteiger partial charge is 0.354 e. The van der Waals surface area contributed by atoms with Gasteiger partial charge in [0.15, 0.2) is 0 Å². The van der Waals surface area contributed by atoms with Gasteiger partial charge in [-0.3, -0.25) is 5.32 Å². The number of hydrogen-bond acceptors (Lipinski definition) is 2. The molecule has 1 saturated heterocycles. The molecule has 0 spiro atoms. The van der Waals surface area contributed by atoms with Gasteiger partial charge in [0.1, 0.15) is 6.23 Å². The van der Waals surface area contributed by atoms with E-state index in [1.54, 1.807) is 0 Å². The van der Waals surface area contributed by atoms with Gasteiger partial charge in [-0.15, -0.1) is 0 Å². The SMILES string of the molecule is CC(C)C1NCC(c2cccc(Br)c2)O1. The van der Waals surface area contributed by atoms with Crippen molar-refractivity contribution in [3.8, 4) is 0 Å². The summed E-state index contributed by atoms with van der Waals surface area (Å²) in [6.45, 7) is 5.24. The number of hydrogen-bond donors (Lipinski definition) is 1. The molecule has 1 aliphatic heterocycles. The van der Waals surface area contributed by atoms with Crippen LogP contribution in [0.15, 0.2) is 28.7 Å². The van der Waals surface area contributed by atoms with Crippen LogP contribution in [0.2, 0.25) is 0 Å². The van der Waals surface area contributed by atoms with Crippen LogP contribution in [0.1, 0.15) is 25.5 Å². The Hall–Kier alpha value is -0.380. The molecule has 2 nitrogen and oxygen atoms in total. The Kier molecular flexibility index (Phi) is 3.44. The van der Waals surface area contributed by atoms with Gasteiger partial charge in [0.05, 0.1) is 6.10 Å². The fourth-order valence-electron chi connectivity index (χ4n) is 1.79. The molecule has 0 radical (unpaired) electrons. The van der Waals surface area contributed by atoms with Crippen LogP contribution in [-0.2, 0) is 4.74 Å². The molecule has 1 N–H and O–H groups in total. The molecule has 1 aromatic carbocycles. The van der Waals surface area contributed by atoms with Crippen LogP contribution in [0.5, 0.6) is 0 Å². The van der Waals surface area contributed by atoms with Gasteiger partial charge in [0, 0.05) is 11.0 Å². The molecule has 15 heavy (non-hydrogen) atoms. The lowest BCUT2D eigenvalue weighted by Crippen LogP contribution is -2.27. The summed E-state index contributed by atoms with van der Waals surface area (Å²) in [5, 5.41) is 3.39. The summed E-state index contributed by atoms with van der Waals surface area (Å²) in [5.74, 6) is 0.516. The minimum absolute atomic E-state index is 0.189. The average Bonchev–Trinajstić information content (AvgIpc) is 2.66. The van der Waals surface area contributed by atoms with Crippen LogP contribution in [0, 0.1) is 5.92 Å². The third kappa shape index (κ3) is 2.60. The van der Waals surface area contributed by atoms with Crippen molar-refractivity contribution in [3.63, 3.8) is 0 Å². The summed E-state index contributed by atoms with van der Waals surface area (Å²) in [6, 6.07) is 8.31. The van der Waals surface area contributed by atoms with Crippen LogP contribution in [0.25, 0.3) is 0 Å². The smallest absolute Gasteiger partial charge is 0.111 e. The van der Waals surface area contributed by atoms with Crippen LogP contribution in [0.4, 0.5) is 0 Å². The van der Waals surface area contributed by atoms with Gasteiger partial charge in [-0.25, -0.2) is 0 Å². The van der Waals surface area contributed by atoms with Crippen LogP contribution in [-0.4, -0.2) is 12.8 Å². The van der Waals surface area contributed by atoms with Gasteiger partial charge in [0.25, 0.3) is 0 Å². The monoisotopic (exact) mass is 269 g/mol. The van der Waals surface area contributed by atoms with Gasteiger partial charge in [-0.1, -0.05) is 41.9 Å². The van der Waals surface area contributed by atoms with Crippen LogP contribution in [0.3, 0.4) is 0 Å². The molecule has 1 aromatic rings. The molecular weight excluding hydrogens is 254 g/mol. The molecule has 82 valence electrons. The molecule has 2 unspecified atom stereocenters. The van der Waals surface area contributed by atoms with Crippen molar-refractivity contribution in [2.24, 2.45) is 5.92 Å². The first-order valence-corrected chi connectivity index (χ1v) is 6.10. The molecule has 0 aromatic heterocycles. The number of ether oxygens (including phenoxy) is 1. The highest BCUT2D eigenvalue weighted by atomic mass is 79.9. The van der Waals surface area contributed by atoms with Crippen LogP contribution < -0.4 is 5.32 Å². The third-order valence-electron chi connectivity index (χ3n) is 2.64. The third-order valence-corrected chi connectivity index (χ3v) is 3.13. The maximum atomic E-state index is 5.93. The minimum atomic E-state index is 0.189. The summed E-state index contributed by atoms with van der Waals surface area (Å²) in [6.07, 6.45) is 0.379. The Labute approximate surface area is 99.1 Å². The number of nitrogens with one attached hydrogen (secondary N) is 1. The second-order valence-electron chi connectivity index (χ2n) is 4.25. The fourth-order valence-corrected chi connectivity index (χ4v) is 2.21. The number of halogens is 1. The van der Waals surface area contributed by atoms with Crippen molar-refractivity contribution in [2.45, 2.75) is 26.2 Å². The summed E-state index contributed by atoms with van der Waals surface area (Å²) in [4.78, 5) is 0. The first-order chi connectivity index (χ1) is 7.16. The van der Waals surface area contributed by atoms with Gasteiger partial charge < -0.3 is 4.74 Å². The summed E-state index contributed by atoms with van der Waals surface area (Å²) < 4.78 is 7.04. The molecule has 1 fully saturated rings. The van der Waals surface area contributed by atoms with E-state index < -0.39 is 0 Å². The van der Waals surface area contributed by atoms with Crippen molar-refractivity contribution >= 4 is 15.9 Å². The Morgan fingerprint density at radius 3 is 2.87 bits per heavy atom. The lowest BCUT2D eigenvalue weighted by molar-refractivity contribution is 0.0136. The normalized spacial score (nSPS) is 26.1. The molecule has 0 bridgehead atoms. The van der Waals surface area contributed by atoms with Gasteiger partial charge in [-0.2, -0.15) is 0 Å².